The molecule has 1 amide bonds. The minimum atomic E-state index is -0.0289. The molecule has 130 valence electrons. The van der Waals surface area contributed by atoms with E-state index in [9.17, 15) is 4.79 Å². The number of aromatic nitrogens is 3. The second kappa shape index (κ2) is 9.54. The lowest BCUT2D eigenvalue weighted by Gasteiger charge is -2.06. The lowest BCUT2D eigenvalue weighted by Crippen LogP contribution is -2.26. The van der Waals surface area contributed by atoms with Gasteiger partial charge in [0.05, 0.1) is 10.8 Å². The van der Waals surface area contributed by atoms with Gasteiger partial charge in [-0.25, -0.2) is 4.68 Å². The Hall–Kier alpha value is -1.73. The molecule has 2 rings (SSSR count). The minimum Gasteiger partial charge on any atom is -0.355 e. The molecule has 6 nitrogen and oxygen atoms in total. The van der Waals surface area contributed by atoms with Gasteiger partial charge >= 0.3 is 0 Å². The van der Waals surface area contributed by atoms with Crippen LogP contribution in [0.3, 0.4) is 0 Å². The van der Waals surface area contributed by atoms with Gasteiger partial charge < -0.3 is 11.2 Å². The van der Waals surface area contributed by atoms with Crippen molar-refractivity contribution in [2.45, 2.75) is 37.8 Å². The van der Waals surface area contributed by atoms with E-state index in [1.165, 1.54) is 29.3 Å². The number of benzene rings is 1. The summed E-state index contributed by atoms with van der Waals surface area (Å²) in [6.07, 6.45) is 4.53. The molecule has 0 saturated heterocycles. The number of nitrogens with zero attached hydrogens (tertiary/aromatic N) is 3. The molecule has 8 heteroatoms. The molecular weight excluding hydrogens is 346 g/mol. The van der Waals surface area contributed by atoms with Crippen LogP contribution in [0, 0.1) is 0 Å². The highest BCUT2D eigenvalue weighted by molar-refractivity contribution is 7.99. The van der Waals surface area contributed by atoms with Crippen LogP contribution in [0.2, 0.25) is 5.02 Å². The third-order valence-corrected chi connectivity index (χ3v) is 4.74. The Morgan fingerprint density at radius 2 is 2.08 bits per heavy atom. The van der Waals surface area contributed by atoms with E-state index in [1.54, 1.807) is 6.07 Å². The van der Waals surface area contributed by atoms with Crippen molar-refractivity contribution in [3.05, 3.63) is 29.3 Å². The molecule has 0 fully saturated rings. The highest BCUT2D eigenvalue weighted by Gasteiger charge is 2.15. The molecule has 0 unspecified atom stereocenters. The first-order chi connectivity index (χ1) is 11.6. The Morgan fingerprint density at radius 3 is 2.83 bits per heavy atom. The van der Waals surface area contributed by atoms with E-state index >= 15 is 0 Å². The van der Waals surface area contributed by atoms with Crippen LogP contribution in [0.25, 0.3) is 11.4 Å². The van der Waals surface area contributed by atoms with Crippen LogP contribution in [0.1, 0.15) is 32.6 Å². The molecule has 0 spiro atoms. The van der Waals surface area contributed by atoms with Crippen molar-refractivity contribution < 1.29 is 4.79 Å². The molecule has 3 N–H and O–H groups in total. The highest BCUT2D eigenvalue weighted by atomic mass is 35.5. The lowest BCUT2D eigenvalue weighted by molar-refractivity contribution is -0.118. The van der Waals surface area contributed by atoms with Gasteiger partial charge in [0, 0.05) is 12.1 Å². The monoisotopic (exact) mass is 367 g/mol. The van der Waals surface area contributed by atoms with Gasteiger partial charge in [-0.05, 0) is 18.6 Å². The number of amides is 1. The lowest BCUT2D eigenvalue weighted by atomic mass is 10.2. The molecule has 0 saturated carbocycles. The fourth-order valence-corrected chi connectivity index (χ4v) is 3.07. The van der Waals surface area contributed by atoms with E-state index < -0.39 is 0 Å². The van der Waals surface area contributed by atoms with Crippen LogP contribution >= 0.6 is 23.4 Å². The predicted octanol–water partition coefficient (Wildman–Crippen LogP) is 3.10. The molecular formula is C16H22ClN5OS. The summed E-state index contributed by atoms with van der Waals surface area (Å²) < 4.78 is 1.36. The number of halogens is 1. The number of rotatable bonds is 9. The molecule has 0 aliphatic carbocycles. The molecule has 1 aromatic carbocycles. The topological polar surface area (TPSA) is 85.8 Å². The Morgan fingerprint density at radius 1 is 1.29 bits per heavy atom. The van der Waals surface area contributed by atoms with Crippen molar-refractivity contribution in [3.8, 4) is 11.4 Å². The predicted molar refractivity (Wildman–Crippen MR) is 98.5 cm³/mol. The van der Waals surface area contributed by atoms with Crippen molar-refractivity contribution in [2.75, 3.05) is 18.1 Å². The van der Waals surface area contributed by atoms with Crippen LogP contribution in [0.4, 0.5) is 0 Å². The van der Waals surface area contributed by atoms with E-state index in [0.29, 0.717) is 28.1 Å². The van der Waals surface area contributed by atoms with E-state index in [-0.39, 0.29) is 11.7 Å². The van der Waals surface area contributed by atoms with Crippen LogP contribution in [0.15, 0.2) is 29.4 Å². The number of hydrogen-bond acceptors (Lipinski definition) is 5. The number of nitrogen functional groups attached to an aromatic ring is 1. The van der Waals surface area contributed by atoms with Gasteiger partial charge in [0.15, 0.2) is 5.82 Å². The largest absolute Gasteiger partial charge is 0.355 e. The van der Waals surface area contributed by atoms with E-state index in [4.69, 9.17) is 17.4 Å². The highest BCUT2D eigenvalue weighted by Crippen LogP contribution is 2.27. The van der Waals surface area contributed by atoms with E-state index in [2.05, 4.69) is 22.4 Å². The Balaban J connectivity index is 1.86. The van der Waals surface area contributed by atoms with E-state index in [1.807, 2.05) is 18.2 Å². The van der Waals surface area contributed by atoms with Crippen molar-refractivity contribution in [1.29, 1.82) is 0 Å². The van der Waals surface area contributed by atoms with Gasteiger partial charge in [-0.2, -0.15) is 0 Å². The summed E-state index contributed by atoms with van der Waals surface area (Å²) in [4.78, 5) is 11.8. The average Bonchev–Trinajstić information content (AvgIpc) is 2.94. The minimum absolute atomic E-state index is 0.0289. The Kier molecular flexibility index (Phi) is 7.39. The van der Waals surface area contributed by atoms with Crippen LogP contribution in [-0.4, -0.2) is 33.1 Å². The van der Waals surface area contributed by atoms with Gasteiger partial charge in [-0.3, -0.25) is 4.79 Å². The van der Waals surface area contributed by atoms with Crippen molar-refractivity contribution in [2.24, 2.45) is 0 Å². The number of thioether (sulfide) groups is 1. The summed E-state index contributed by atoms with van der Waals surface area (Å²) in [6.45, 7) is 2.87. The molecule has 0 bridgehead atoms. The van der Waals surface area contributed by atoms with E-state index in [0.717, 1.165) is 12.8 Å². The summed E-state index contributed by atoms with van der Waals surface area (Å²) in [5, 5.41) is 12.0. The molecule has 1 heterocycles. The summed E-state index contributed by atoms with van der Waals surface area (Å²) in [6, 6.07) is 7.29. The summed E-state index contributed by atoms with van der Waals surface area (Å²) in [7, 11) is 0. The van der Waals surface area contributed by atoms with Crippen LogP contribution < -0.4 is 11.2 Å². The first-order valence-corrected chi connectivity index (χ1v) is 9.34. The molecule has 2 aromatic rings. The maximum absolute atomic E-state index is 11.8. The molecule has 0 radical (unpaired) electrons. The Labute approximate surface area is 151 Å². The molecule has 0 atom stereocenters. The quantitative estimate of drug-likeness (QED) is 0.404. The molecule has 24 heavy (non-hydrogen) atoms. The fourth-order valence-electron chi connectivity index (χ4n) is 2.16. The molecule has 1 aromatic heterocycles. The first kappa shape index (κ1) is 18.6. The first-order valence-electron chi connectivity index (χ1n) is 7.98. The summed E-state index contributed by atoms with van der Waals surface area (Å²) in [5.41, 5.74) is 0.710. The molecule has 0 aliphatic heterocycles. The second-order valence-corrected chi connectivity index (χ2v) is 6.71. The number of nitrogens with two attached hydrogens (primary N) is 1. The number of carbonyl (C=O) groups is 1. The number of nitrogens with one attached hydrogen (secondary N) is 1. The maximum atomic E-state index is 11.8. The second-order valence-electron chi connectivity index (χ2n) is 5.36. The van der Waals surface area contributed by atoms with Gasteiger partial charge in [0.2, 0.25) is 11.1 Å². The summed E-state index contributed by atoms with van der Waals surface area (Å²) in [5.74, 6) is 6.73. The van der Waals surface area contributed by atoms with Gasteiger partial charge in [-0.1, -0.05) is 61.7 Å². The van der Waals surface area contributed by atoms with Crippen LogP contribution in [0.5, 0.6) is 0 Å². The molecule has 0 aliphatic rings. The summed E-state index contributed by atoms with van der Waals surface area (Å²) >= 11 is 7.41. The zero-order chi connectivity index (χ0) is 17.4. The zero-order valence-corrected chi connectivity index (χ0v) is 15.2. The zero-order valence-electron chi connectivity index (χ0n) is 13.7. The third kappa shape index (κ3) is 5.14. The van der Waals surface area contributed by atoms with Gasteiger partial charge in [-0.15, -0.1) is 10.2 Å². The van der Waals surface area contributed by atoms with Gasteiger partial charge in [0.1, 0.15) is 0 Å². The Bertz CT molecular complexity index is 676. The maximum Gasteiger partial charge on any atom is 0.230 e. The standard InChI is InChI=1S/C16H22ClN5OS/c1-2-3-4-7-10-19-14(23)11-24-16-21-20-15(22(16)18)12-8-5-6-9-13(12)17/h5-6,8-9H,2-4,7,10-11,18H2,1H3,(H,19,23). The smallest absolute Gasteiger partial charge is 0.230 e. The van der Waals surface area contributed by atoms with Crippen molar-refractivity contribution in [3.63, 3.8) is 0 Å². The number of unbranched alkanes of at least 4 members (excludes halogenated alkanes) is 3. The average molecular weight is 368 g/mol. The van der Waals surface area contributed by atoms with Crippen molar-refractivity contribution >= 4 is 29.3 Å². The third-order valence-electron chi connectivity index (χ3n) is 3.46. The van der Waals surface area contributed by atoms with Crippen molar-refractivity contribution in [1.82, 2.24) is 20.2 Å². The number of hydrogen-bond donors (Lipinski definition) is 2. The fraction of sp³-hybridized carbons (Fsp3) is 0.438. The van der Waals surface area contributed by atoms with Gasteiger partial charge in [0.25, 0.3) is 0 Å². The van der Waals surface area contributed by atoms with Crippen LogP contribution in [-0.2, 0) is 4.79 Å². The number of carbonyl (C=O) groups excluding carboxylic acids is 1. The normalized spacial score (nSPS) is 10.8. The SMILES string of the molecule is CCCCCCNC(=O)CSc1nnc(-c2ccccc2Cl)n1N.